The van der Waals surface area contributed by atoms with Crippen molar-refractivity contribution in [2.45, 2.75) is 52.0 Å². The Balaban J connectivity index is 2.09. The Morgan fingerprint density at radius 2 is 2.21 bits per heavy atom. The predicted molar refractivity (Wildman–Crippen MR) is 80.2 cm³/mol. The van der Waals surface area contributed by atoms with Gasteiger partial charge in [0.25, 0.3) is 0 Å². The smallest absolute Gasteiger partial charge is 0.110 e. The number of benzene rings is 1. The molecule has 19 heavy (non-hydrogen) atoms. The number of anilines is 1. The van der Waals surface area contributed by atoms with E-state index < -0.39 is 0 Å². The molecule has 1 aromatic heterocycles. The second-order valence-corrected chi connectivity index (χ2v) is 5.83. The third-order valence-corrected chi connectivity index (χ3v) is 4.50. The molecule has 0 radical (unpaired) electrons. The van der Waals surface area contributed by atoms with Crippen molar-refractivity contribution in [1.82, 2.24) is 9.55 Å². The largest absolute Gasteiger partial charge is 0.399 e. The predicted octanol–water partition coefficient (Wildman–Crippen LogP) is 3.93. The Kier molecular flexibility index (Phi) is 3.21. The van der Waals surface area contributed by atoms with Crippen molar-refractivity contribution in [2.75, 3.05) is 5.73 Å². The SMILES string of the molecule is CCCc1nc2cc(N)ccc2n1C(C)C1CCC1. The monoisotopic (exact) mass is 257 g/mol. The minimum Gasteiger partial charge on any atom is -0.399 e. The molecule has 1 aliphatic carbocycles. The number of rotatable bonds is 4. The Hall–Kier alpha value is -1.51. The van der Waals surface area contributed by atoms with E-state index in [-0.39, 0.29) is 0 Å². The number of fused-ring (bicyclic) bond motifs is 1. The molecule has 3 nitrogen and oxygen atoms in total. The summed E-state index contributed by atoms with van der Waals surface area (Å²) in [5.74, 6) is 2.05. The van der Waals surface area contributed by atoms with Crippen LogP contribution in [0, 0.1) is 5.92 Å². The molecule has 1 aliphatic rings. The van der Waals surface area contributed by atoms with Gasteiger partial charge in [0.05, 0.1) is 11.0 Å². The van der Waals surface area contributed by atoms with Crippen molar-refractivity contribution in [1.29, 1.82) is 0 Å². The second kappa shape index (κ2) is 4.87. The zero-order chi connectivity index (χ0) is 13.4. The average Bonchev–Trinajstić information content (AvgIpc) is 2.64. The topological polar surface area (TPSA) is 43.8 Å². The first-order valence-corrected chi connectivity index (χ1v) is 7.47. The fourth-order valence-electron chi connectivity index (χ4n) is 3.15. The van der Waals surface area contributed by atoms with Crippen LogP contribution in [-0.2, 0) is 6.42 Å². The van der Waals surface area contributed by atoms with Crippen molar-refractivity contribution >= 4 is 16.7 Å². The molecule has 2 aromatic rings. The van der Waals surface area contributed by atoms with E-state index in [2.05, 4.69) is 24.5 Å². The Bertz CT molecular complexity index is 581. The zero-order valence-electron chi connectivity index (χ0n) is 11.9. The molecule has 0 bridgehead atoms. The quantitative estimate of drug-likeness (QED) is 0.843. The molecule has 0 saturated heterocycles. The van der Waals surface area contributed by atoms with Gasteiger partial charge in [-0.1, -0.05) is 13.3 Å². The van der Waals surface area contributed by atoms with Crippen LogP contribution in [0.3, 0.4) is 0 Å². The number of hydrogen-bond acceptors (Lipinski definition) is 2. The Morgan fingerprint density at radius 3 is 2.84 bits per heavy atom. The molecular weight excluding hydrogens is 234 g/mol. The third kappa shape index (κ3) is 2.11. The van der Waals surface area contributed by atoms with Crippen molar-refractivity contribution in [2.24, 2.45) is 5.92 Å². The maximum absolute atomic E-state index is 5.88. The van der Waals surface area contributed by atoms with Gasteiger partial charge in [-0.25, -0.2) is 4.98 Å². The van der Waals surface area contributed by atoms with Gasteiger partial charge in [0.1, 0.15) is 5.82 Å². The van der Waals surface area contributed by atoms with Crippen molar-refractivity contribution in [3.63, 3.8) is 0 Å². The number of nitrogens with zero attached hydrogens (tertiary/aromatic N) is 2. The number of hydrogen-bond donors (Lipinski definition) is 1. The van der Waals surface area contributed by atoms with Gasteiger partial charge in [0.2, 0.25) is 0 Å². The second-order valence-electron chi connectivity index (χ2n) is 5.83. The van der Waals surface area contributed by atoms with Gasteiger partial charge < -0.3 is 10.3 Å². The molecule has 1 aromatic carbocycles. The van der Waals surface area contributed by atoms with Crippen LogP contribution in [0.25, 0.3) is 11.0 Å². The lowest BCUT2D eigenvalue weighted by Crippen LogP contribution is -2.24. The first kappa shape index (κ1) is 12.5. The van der Waals surface area contributed by atoms with Crippen LogP contribution in [0.4, 0.5) is 5.69 Å². The van der Waals surface area contributed by atoms with Gasteiger partial charge in [0.15, 0.2) is 0 Å². The standard InChI is InChI=1S/C16H23N3/c1-3-5-16-18-14-10-13(17)8-9-15(14)19(16)11(2)12-6-4-7-12/h8-12H,3-7,17H2,1-2H3. The summed E-state index contributed by atoms with van der Waals surface area (Å²) in [4.78, 5) is 4.81. The highest BCUT2D eigenvalue weighted by Gasteiger charge is 2.27. The molecule has 0 amide bonds. The summed E-state index contributed by atoms with van der Waals surface area (Å²) in [6.07, 6.45) is 6.29. The van der Waals surface area contributed by atoms with Gasteiger partial charge in [-0.05, 0) is 50.3 Å². The van der Waals surface area contributed by atoms with Crippen molar-refractivity contribution in [3.8, 4) is 0 Å². The van der Waals surface area contributed by atoms with Crippen molar-refractivity contribution in [3.05, 3.63) is 24.0 Å². The number of aromatic nitrogens is 2. The highest BCUT2D eigenvalue weighted by atomic mass is 15.1. The molecule has 102 valence electrons. The molecule has 2 N–H and O–H groups in total. The van der Waals surface area contributed by atoms with E-state index in [1.165, 1.54) is 30.6 Å². The maximum Gasteiger partial charge on any atom is 0.110 e. The molecule has 3 rings (SSSR count). The first-order valence-electron chi connectivity index (χ1n) is 7.47. The summed E-state index contributed by atoms with van der Waals surface area (Å²) >= 11 is 0. The fraction of sp³-hybridized carbons (Fsp3) is 0.562. The van der Waals surface area contributed by atoms with Crippen LogP contribution in [-0.4, -0.2) is 9.55 Å². The third-order valence-electron chi connectivity index (χ3n) is 4.50. The van der Waals surface area contributed by atoms with E-state index >= 15 is 0 Å². The fourth-order valence-corrected chi connectivity index (χ4v) is 3.15. The van der Waals surface area contributed by atoms with Crippen LogP contribution in [0.1, 0.15) is 51.4 Å². The highest BCUT2D eigenvalue weighted by molar-refractivity contribution is 5.79. The summed E-state index contributed by atoms with van der Waals surface area (Å²) in [6.45, 7) is 4.56. The molecule has 1 fully saturated rings. The number of nitrogen functional groups attached to an aromatic ring is 1. The molecule has 0 aliphatic heterocycles. The zero-order valence-corrected chi connectivity index (χ0v) is 11.9. The highest BCUT2D eigenvalue weighted by Crippen LogP contribution is 2.38. The lowest BCUT2D eigenvalue weighted by atomic mass is 9.80. The summed E-state index contributed by atoms with van der Waals surface area (Å²) < 4.78 is 2.46. The molecule has 1 atom stereocenters. The van der Waals surface area contributed by atoms with Crippen molar-refractivity contribution < 1.29 is 0 Å². The number of nitrogens with two attached hydrogens (primary N) is 1. The van der Waals surface area contributed by atoms with Gasteiger partial charge in [-0.2, -0.15) is 0 Å². The van der Waals surface area contributed by atoms with E-state index in [9.17, 15) is 0 Å². The molecule has 1 saturated carbocycles. The van der Waals surface area contributed by atoms with Crippen LogP contribution >= 0.6 is 0 Å². The van der Waals surface area contributed by atoms with E-state index in [0.29, 0.717) is 6.04 Å². The maximum atomic E-state index is 5.88. The Labute approximate surface area is 114 Å². The van der Waals surface area contributed by atoms with E-state index in [4.69, 9.17) is 10.7 Å². The average molecular weight is 257 g/mol. The van der Waals surface area contributed by atoms with Crippen LogP contribution in [0.15, 0.2) is 18.2 Å². The van der Waals surface area contributed by atoms with E-state index in [1.54, 1.807) is 0 Å². The van der Waals surface area contributed by atoms with E-state index in [0.717, 1.165) is 30.0 Å². The van der Waals surface area contributed by atoms with E-state index in [1.807, 2.05) is 12.1 Å². The molecule has 0 spiro atoms. The summed E-state index contributed by atoms with van der Waals surface area (Å²) in [5, 5.41) is 0. The molecule has 1 heterocycles. The summed E-state index contributed by atoms with van der Waals surface area (Å²) in [5.41, 5.74) is 8.98. The lowest BCUT2D eigenvalue weighted by molar-refractivity contribution is 0.222. The molecular formula is C16H23N3. The summed E-state index contributed by atoms with van der Waals surface area (Å²) in [6, 6.07) is 6.68. The Morgan fingerprint density at radius 1 is 1.42 bits per heavy atom. The van der Waals surface area contributed by atoms with Gasteiger partial charge in [0, 0.05) is 18.2 Å². The molecule has 3 heteroatoms. The number of imidazole rings is 1. The lowest BCUT2D eigenvalue weighted by Gasteiger charge is -2.33. The van der Waals surface area contributed by atoms with Gasteiger partial charge in [-0.15, -0.1) is 0 Å². The minimum absolute atomic E-state index is 0.559. The number of aryl methyl sites for hydroxylation is 1. The van der Waals surface area contributed by atoms with Crippen LogP contribution in [0.5, 0.6) is 0 Å². The van der Waals surface area contributed by atoms with Gasteiger partial charge >= 0.3 is 0 Å². The molecule has 1 unspecified atom stereocenters. The van der Waals surface area contributed by atoms with Gasteiger partial charge in [-0.3, -0.25) is 0 Å². The van der Waals surface area contributed by atoms with Crippen LogP contribution in [0.2, 0.25) is 0 Å². The first-order chi connectivity index (χ1) is 9.20. The summed E-state index contributed by atoms with van der Waals surface area (Å²) in [7, 11) is 0. The minimum atomic E-state index is 0.559. The normalized spacial score (nSPS) is 17.6. The van der Waals surface area contributed by atoms with Crippen LogP contribution < -0.4 is 5.73 Å².